The Balaban J connectivity index is 1.46. The van der Waals surface area contributed by atoms with E-state index in [0.29, 0.717) is 35.8 Å². The third-order valence-corrected chi connectivity index (χ3v) is 4.66. The smallest absolute Gasteiger partial charge is 0.338 e. The average molecular weight is 414 g/mol. The third-order valence-electron chi connectivity index (χ3n) is 4.66. The van der Waals surface area contributed by atoms with Crippen molar-refractivity contribution in [1.29, 1.82) is 0 Å². The van der Waals surface area contributed by atoms with Crippen molar-refractivity contribution in [1.82, 2.24) is 0 Å². The molecule has 0 bridgehead atoms. The van der Waals surface area contributed by atoms with Crippen molar-refractivity contribution >= 4 is 11.9 Å². The van der Waals surface area contributed by atoms with Gasteiger partial charge >= 0.3 is 11.9 Å². The molecule has 0 aromatic heterocycles. The highest BCUT2D eigenvalue weighted by molar-refractivity contribution is 5.90. The lowest BCUT2D eigenvalue weighted by Crippen LogP contribution is -2.06. The van der Waals surface area contributed by atoms with Gasteiger partial charge in [-0.05, 0) is 61.4 Å². The molecule has 6 heteroatoms. The van der Waals surface area contributed by atoms with Crippen LogP contribution in [0.15, 0.2) is 48.5 Å². The van der Waals surface area contributed by atoms with E-state index >= 15 is 0 Å². The lowest BCUT2D eigenvalue weighted by atomic mass is 10.1. The number of unbranched alkanes of at least 4 members (excludes halogenated alkanes) is 5. The molecule has 0 aliphatic carbocycles. The molecule has 2 aromatic rings. The first-order valence-electron chi connectivity index (χ1n) is 10.3. The van der Waals surface area contributed by atoms with Gasteiger partial charge in [0, 0.05) is 0 Å². The fourth-order valence-electron chi connectivity index (χ4n) is 2.86. The van der Waals surface area contributed by atoms with E-state index in [1.807, 2.05) is 0 Å². The molecule has 0 aliphatic heterocycles. The van der Waals surface area contributed by atoms with Gasteiger partial charge in [0.1, 0.15) is 11.5 Å². The Bertz CT molecular complexity index is 700. The fourth-order valence-corrected chi connectivity index (χ4v) is 2.86. The van der Waals surface area contributed by atoms with Crippen LogP contribution in [-0.2, 0) is 9.47 Å². The number of rotatable bonds is 13. The van der Waals surface area contributed by atoms with Gasteiger partial charge in [0.2, 0.25) is 0 Å². The zero-order valence-corrected chi connectivity index (χ0v) is 17.7. The third kappa shape index (κ3) is 8.15. The Morgan fingerprint density at radius 2 is 0.900 bits per heavy atom. The standard InChI is InChI=1S/C24H30O6/c1-27-21-13-9-19(10-14-21)23(25)29-17-7-5-3-4-6-8-18-30-24(26)20-11-15-22(28-2)16-12-20/h9-16H,3-8,17-18H2,1-2H3. The highest BCUT2D eigenvalue weighted by Crippen LogP contribution is 2.14. The molecular formula is C24H30O6. The van der Waals surface area contributed by atoms with Gasteiger partial charge in [-0.3, -0.25) is 0 Å². The second kappa shape index (κ2) is 13.2. The predicted octanol–water partition coefficient (Wildman–Crippen LogP) is 5.06. The maximum absolute atomic E-state index is 11.9. The van der Waals surface area contributed by atoms with Crippen molar-refractivity contribution < 1.29 is 28.5 Å². The van der Waals surface area contributed by atoms with Crippen molar-refractivity contribution in [2.75, 3.05) is 27.4 Å². The maximum Gasteiger partial charge on any atom is 0.338 e. The van der Waals surface area contributed by atoms with Crippen LogP contribution in [0.25, 0.3) is 0 Å². The van der Waals surface area contributed by atoms with Gasteiger partial charge in [-0.1, -0.05) is 25.7 Å². The summed E-state index contributed by atoms with van der Waals surface area (Å²) in [6.45, 7) is 0.842. The number of esters is 2. The summed E-state index contributed by atoms with van der Waals surface area (Å²) >= 11 is 0. The van der Waals surface area contributed by atoms with Crippen LogP contribution < -0.4 is 9.47 Å². The minimum absolute atomic E-state index is 0.309. The summed E-state index contributed by atoms with van der Waals surface area (Å²) in [6, 6.07) is 13.8. The molecule has 30 heavy (non-hydrogen) atoms. The van der Waals surface area contributed by atoms with Gasteiger partial charge < -0.3 is 18.9 Å². The quantitative estimate of drug-likeness (QED) is 0.337. The number of ether oxygens (including phenoxy) is 4. The van der Waals surface area contributed by atoms with Crippen LogP contribution in [0.4, 0.5) is 0 Å². The van der Waals surface area contributed by atoms with E-state index in [9.17, 15) is 9.59 Å². The number of hydrogen-bond acceptors (Lipinski definition) is 6. The largest absolute Gasteiger partial charge is 0.497 e. The van der Waals surface area contributed by atoms with Crippen molar-refractivity contribution in [3.63, 3.8) is 0 Å². The molecule has 2 aromatic carbocycles. The van der Waals surface area contributed by atoms with Gasteiger partial charge in [0.25, 0.3) is 0 Å². The minimum atomic E-state index is -0.309. The predicted molar refractivity (Wildman–Crippen MR) is 114 cm³/mol. The zero-order valence-electron chi connectivity index (χ0n) is 17.7. The summed E-state index contributed by atoms with van der Waals surface area (Å²) in [5.74, 6) is 0.803. The summed E-state index contributed by atoms with van der Waals surface area (Å²) in [5, 5.41) is 0. The second-order valence-corrected chi connectivity index (χ2v) is 6.85. The molecule has 0 atom stereocenters. The van der Waals surface area contributed by atoms with E-state index in [4.69, 9.17) is 18.9 Å². The number of carbonyl (C=O) groups is 2. The van der Waals surface area contributed by atoms with Crippen molar-refractivity contribution in [3.05, 3.63) is 59.7 Å². The zero-order chi connectivity index (χ0) is 21.6. The van der Waals surface area contributed by atoms with Gasteiger partial charge in [0.05, 0.1) is 38.6 Å². The molecule has 0 saturated carbocycles. The highest BCUT2D eigenvalue weighted by atomic mass is 16.5. The molecule has 0 unspecified atom stereocenters. The summed E-state index contributed by atoms with van der Waals surface area (Å²) < 4.78 is 20.7. The fraction of sp³-hybridized carbons (Fsp3) is 0.417. The maximum atomic E-state index is 11.9. The van der Waals surface area contributed by atoms with Crippen LogP contribution >= 0.6 is 0 Å². The Morgan fingerprint density at radius 1 is 0.567 bits per heavy atom. The van der Waals surface area contributed by atoms with E-state index in [2.05, 4.69) is 0 Å². The molecule has 0 fully saturated rings. The van der Waals surface area contributed by atoms with Crippen LogP contribution in [0, 0.1) is 0 Å². The topological polar surface area (TPSA) is 71.1 Å². The summed E-state index contributed by atoms with van der Waals surface area (Å²) in [5.41, 5.74) is 1.06. The number of carbonyl (C=O) groups excluding carboxylic acids is 2. The lowest BCUT2D eigenvalue weighted by Gasteiger charge is -2.07. The van der Waals surface area contributed by atoms with E-state index in [1.54, 1.807) is 62.8 Å². The van der Waals surface area contributed by atoms with Crippen molar-refractivity contribution in [3.8, 4) is 11.5 Å². The monoisotopic (exact) mass is 414 g/mol. The Hall–Kier alpha value is -3.02. The Kier molecular flexibility index (Phi) is 10.3. The van der Waals surface area contributed by atoms with Crippen LogP contribution in [-0.4, -0.2) is 39.4 Å². The van der Waals surface area contributed by atoms with Gasteiger partial charge in [0.15, 0.2) is 0 Å². The Labute approximate surface area is 178 Å². The normalized spacial score (nSPS) is 10.3. The van der Waals surface area contributed by atoms with E-state index in [-0.39, 0.29) is 11.9 Å². The molecule has 0 saturated heterocycles. The van der Waals surface area contributed by atoms with Crippen LogP contribution in [0.1, 0.15) is 59.2 Å². The Morgan fingerprint density at radius 3 is 1.23 bits per heavy atom. The number of methoxy groups -OCH3 is 2. The number of benzene rings is 2. The SMILES string of the molecule is COc1ccc(C(=O)OCCCCCCCCOC(=O)c2ccc(OC)cc2)cc1. The first-order chi connectivity index (χ1) is 14.6. The van der Waals surface area contributed by atoms with Gasteiger partial charge in [-0.2, -0.15) is 0 Å². The molecule has 2 rings (SSSR count). The number of hydrogen-bond donors (Lipinski definition) is 0. The van der Waals surface area contributed by atoms with Gasteiger partial charge in [-0.15, -0.1) is 0 Å². The van der Waals surface area contributed by atoms with Crippen molar-refractivity contribution in [2.24, 2.45) is 0 Å². The molecule has 0 aliphatic rings. The first kappa shape index (κ1) is 23.3. The summed E-state index contributed by atoms with van der Waals surface area (Å²) in [6.07, 6.45) is 5.81. The highest BCUT2D eigenvalue weighted by Gasteiger charge is 2.08. The summed E-state index contributed by atoms with van der Waals surface area (Å²) in [4.78, 5) is 23.9. The molecule has 0 amide bonds. The van der Waals surface area contributed by atoms with Crippen LogP contribution in [0.2, 0.25) is 0 Å². The molecular weight excluding hydrogens is 384 g/mol. The second-order valence-electron chi connectivity index (χ2n) is 6.85. The van der Waals surface area contributed by atoms with Crippen LogP contribution in [0.5, 0.6) is 11.5 Å². The van der Waals surface area contributed by atoms with E-state index in [1.165, 1.54) is 0 Å². The summed E-state index contributed by atoms with van der Waals surface area (Å²) in [7, 11) is 3.17. The van der Waals surface area contributed by atoms with Gasteiger partial charge in [-0.25, -0.2) is 9.59 Å². The van der Waals surface area contributed by atoms with E-state index in [0.717, 1.165) is 38.5 Å². The van der Waals surface area contributed by atoms with E-state index < -0.39 is 0 Å². The van der Waals surface area contributed by atoms with Crippen LogP contribution in [0.3, 0.4) is 0 Å². The lowest BCUT2D eigenvalue weighted by molar-refractivity contribution is 0.0484. The average Bonchev–Trinajstić information content (AvgIpc) is 2.80. The first-order valence-corrected chi connectivity index (χ1v) is 10.3. The molecule has 0 radical (unpaired) electrons. The molecule has 0 N–H and O–H groups in total. The molecule has 0 heterocycles. The molecule has 162 valence electrons. The molecule has 6 nitrogen and oxygen atoms in total. The van der Waals surface area contributed by atoms with Crippen molar-refractivity contribution in [2.45, 2.75) is 38.5 Å². The molecule has 0 spiro atoms. The minimum Gasteiger partial charge on any atom is -0.497 e.